The van der Waals surface area contributed by atoms with Gasteiger partial charge < -0.3 is 10.2 Å². The molecule has 2 amide bonds. The lowest BCUT2D eigenvalue weighted by atomic mass is 10.1. The first kappa shape index (κ1) is 16.9. The molecule has 1 aliphatic heterocycles. The van der Waals surface area contributed by atoms with Gasteiger partial charge in [0.25, 0.3) is 0 Å². The lowest BCUT2D eigenvalue weighted by Gasteiger charge is -2.16. The van der Waals surface area contributed by atoms with Crippen LogP contribution in [0.1, 0.15) is 12.0 Å². The molecule has 0 spiro atoms. The SMILES string of the molecule is N#Cc1ccc(NC(=O)[C@@H]2CC(=O)N(c3ccc(F)cc3)C2)cc1Cl. The van der Waals surface area contributed by atoms with Crippen LogP contribution >= 0.6 is 11.6 Å². The second kappa shape index (κ2) is 6.91. The highest BCUT2D eigenvalue weighted by Crippen LogP contribution is 2.27. The number of carbonyl (C=O) groups excluding carboxylic acids is 2. The minimum Gasteiger partial charge on any atom is -0.326 e. The maximum absolute atomic E-state index is 13.0. The molecule has 1 saturated heterocycles. The lowest BCUT2D eigenvalue weighted by molar-refractivity contribution is -0.122. The predicted molar refractivity (Wildman–Crippen MR) is 91.7 cm³/mol. The number of amides is 2. The first-order chi connectivity index (χ1) is 12.0. The molecule has 1 atom stereocenters. The number of anilines is 2. The molecule has 1 heterocycles. The first-order valence-corrected chi connectivity index (χ1v) is 7.92. The molecule has 126 valence electrons. The fourth-order valence-electron chi connectivity index (χ4n) is 2.68. The van der Waals surface area contributed by atoms with Gasteiger partial charge in [-0.15, -0.1) is 0 Å². The molecule has 1 N–H and O–H groups in total. The minimum atomic E-state index is -0.521. The van der Waals surface area contributed by atoms with Crippen LogP contribution in [0.15, 0.2) is 42.5 Å². The summed E-state index contributed by atoms with van der Waals surface area (Å²) in [5.74, 6) is -1.40. The summed E-state index contributed by atoms with van der Waals surface area (Å²) in [6.07, 6.45) is 0.0766. The Labute approximate surface area is 148 Å². The molecule has 3 rings (SSSR count). The molecule has 1 aliphatic rings. The number of benzene rings is 2. The quantitative estimate of drug-likeness (QED) is 0.915. The van der Waals surface area contributed by atoms with Crippen LogP contribution < -0.4 is 10.2 Å². The van der Waals surface area contributed by atoms with E-state index in [1.807, 2.05) is 6.07 Å². The number of rotatable bonds is 3. The van der Waals surface area contributed by atoms with Gasteiger partial charge in [-0.25, -0.2) is 4.39 Å². The largest absolute Gasteiger partial charge is 0.326 e. The van der Waals surface area contributed by atoms with Gasteiger partial charge in [-0.3, -0.25) is 9.59 Å². The van der Waals surface area contributed by atoms with Crippen molar-refractivity contribution in [3.63, 3.8) is 0 Å². The molecule has 7 heteroatoms. The maximum Gasteiger partial charge on any atom is 0.229 e. The van der Waals surface area contributed by atoms with Gasteiger partial charge >= 0.3 is 0 Å². The molecule has 5 nitrogen and oxygen atoms in total. The highest BCUT2D eigenvalue weighted by atomic mass is 35.5. The average Bonchev–Trinajstić information content (AvgIpc) is 2.98. The Hall–Kier alpha value is -2.91. The molecular formula is C18H13ClFN3O2. The standard InChI is InChI=1S/C18H13ClFN3O2/c19-16-8-14(4-1-11(16)9-21)22-18(25)12-7-17(24)23(10-12)15-5-2-13(20)3-6-15/h1-6,8,12H,7,10H2,(H,22,25)/t12-/m1/s1. The fourth-order valence-corrected chi connectivity index (χ4v) is 2.90. The van der Waals surface area contributed by atoms with Crippen molar-refractivity contribution in [2.45, 2.75) is 6.42 Å². The number of hydrogen-bond acceptors (Lipinski definition) is 3. The third kappa shape index (κ3) is 3.62. The van der Waals surface area contributed by atoms with Crippen LogP contribution in [0.25, 0.3) is 0 Å². The summed E-state index contributed by atoms with van der Waals surface area (Å²) in [5.41, 5.74) is 1.34. The molecule has 0 unspecified atom stereocenters. The number of hydrogen-bond donors (Lipinski definition) is 1. The first-order valence-electron chi connectivity index (χ1n) is 7.54. The van der Waals surface area contributed by atoms with E-state index in [1.165, 1.54) is 41.3 Å². The molecule has 2 aromatic carbocycles. The summed E-state index contributed by atoms with van der Waals surface area (Å²) in [6.45, 7) is 0.223. The Morgan fingerprint density at radius 1 is 1.28 bits per heavy atom. The van der Waals surface area contributed by atoms with Crippen molar-refractivity contribution < 1.29 is 14.0 Å². The Bertz CT molecular complexity index is 877. The van der Waals surface area contributed by atoms with Crippen LogP contribution in [0.3, 0.4) is 0 Å². The summed E-state index contributed by atoms with van der Waals surface area (Å²) in [7, 11) is 0. The zero-order valence-corrected chi connectivity index (χ0v) is 13.8. The van der Waals surface area contributed by atoms with Crippen LogP contribution in [0.2, 0.25) is 5.02 Å². The number of carbonyl (C=O) groups is 2. The molecule has 0 saturated carbocycles. The second-order valence-electron chi connectivity index (χ2n) is 5.68. The molecule has 0 bridgehead atoms. The Morgan fingerprint density at radius 3 is 2.64 bits per heavy atom. The van der Waals surface area contributed by atoms with Gasteiger partial charge in [-0.1, -0.05) is 11.6 Å². The van der Waals surface area contributed by atoms with Crippen LogP contribution in [-0.2, 0) is 9.59 Å². The van der Waals surface area contributed by atoms with E-state index in [4.69, 9.17) is 16.9 Å². The zero-order chi connectivity index (χ0) is 18.0. The van der Waals surface area contributed by atoms with Crippen LogP contribution in [0, 0.1) is 23.1 Å². The molecule has 0 aromatic heterocycles. The van der Waals surface area contributed by atoms with E-state index < -0.39 is 5.92 Å². The van der Waals surface area contributed by atoms with Crippen molar-refractivity contribution in [1.82, 2.24) is 0 Å². The maximum atomic E-state index is 13.0. The van der Waals surface area contributed by atoms with Gasteiger partial charge in [0.2, 0.25) is 11.8 Å². The molecule has 1 fully saturated rings. The smallest absolute Gasteiger partial charge is 0.229 e. The van der Waals surface area contributed by atoms with E-state index in [-0.39, 0.29) is 35.6 Å². The second-order valence-corrected chi connectivity index (χ2v) is 6.08. The molecule has 25 heavy (non-hydrogen) atoms. The highest BCUT2D eigenvalue weighted by Gasteiger charge is 2.35. The van der Waals surface area contributed by atoms with Crippen molar-refractivity contribution in [3.8, 4) is 6.07 Å². The van der Waals surface area contributed by atoms with E-state index in [9.17, 15) is 14.0 Å². The monoisotopic (exact) mass is 357 g/mol. The summed E-state index contributed by atoms with van der Waals surface area (Å²) < 4.78 is 13.0. The van der Waals surface area contributed by atoms with Crippen LogP contribution in [0.4, 0.5) is 15.8 Å². The normalized spacial score (nSPS) is 16.6. The van der Waals surface area contributed by atoms with Crippen molar-refractivity contribution in [1.29, 1.82) is 5.26 Å². The average molecular weight is 358 g/mol. The molecule has 0 radical (unpaired) electrons. The third-order valence-electron chi connectivity index (χ3n) is 3.99. The number of nitrogens with one attached hydrogen (secondary N) is 1. The topological polar surface area (TPSA) is 73.2 Å². The van der Waals surface area contributed by atoms with Gasteiger partial charge in [0.05, 0.1) is 16.5 Å². The third-order valence-corrected chi connectivity index (χ3v) is 4.30. The van der Waals surface area contributed by atoms with Crippen molar-refractivity contribution in [2.24, 2.45) is 5.92 Å². The van der Waals surface area contributed by atoms with Gasteiger partial charge in [0.15, 0.2) is 0 Å². The highest BCUT2D eigenvalue weighted by molar-refractivity contribution is 6.32. The predicted octanol–water partition coefficient (Wildman–Crippen LogP) is 3.34. The van der Waals surface area contributed by atoms with Gasteiger partial charge in [0.1, 0.15) is 11.9 Å². The van der Waals surface area contributed by atoms with E-state index in [1.54, 1.807) is 6.07 Å². The van der Waals surface area contributed by atoms with E-state index in [2.05, 4.69) is 5.32 Å². The molecule has 0 aliphatic carbocycles. The summed E-state index contributed by atoms with van der Waals surface area (Å²) in [6, 6.07) is 12.1. The van der Waals surface area contributed by atoms with Gasteiger partial charge in [-0.05, 0) is 42.5 Å². The zero-order valence-electron chi connectivity index (χ0n) is 13.0. The number of halogens is 2. The minimum absolute atomic E-state index is 0.0766. The van der Waals surface area contributed by atoms with E-state index in [0.717, 1.165) is 0 Å². The number of nitriles is 1. The van der Waals surface area contributed by atoms with Crippen molar-refractivity contribution >= 4 is 34.8 Å². The molecular weight excluding hydrogens is 345 g/mol. The fraction of sp³-hybridized carbons (Fsp3) is 0.167. The van der Waals surface area contributed by atoms with Crippen LogP contribution in [-0.4, -0.2) is 18.4 Å². The summed E-state index contributed by atoms with van der Waals surface area (Å²) in [4.78, 5) is 26.0. The van der Waals surface area contributed by atoms with E-state index >= 15 is 0 Å². The summed E-state index contributed by atoms with van der Waals surface area (Å²) in [5, 5.41) is 11.8. The van der Waals surface area contributed by atoms with Gasteiger partial charge in [-0.2, -0.15) is 5.26 Å². The van der Waals surface area contributed by atoms with E-state index in [0.29, 0.717) is 16.9 Å². The van der Waals surface area contributed by atoms with Crippen molar-refractivity contribution in [2.75, 3.05) is 16.8 Å². The number of nitrogens with zero attached hydrogens (tertiary/aromatic N) is 2. The molecule has 2 aromatic rings. The Balaban J connectivity index is 1.69. The van der Waals surface area contributed by atoms with Crippen LogP contribution in [0.5, 0.6) is 0 Å². The van der Waals surface area contributed by atoms with Gasteiger partial charge in [0, 0.05) is 24.3 Å². The Morgan fingerprint density at radius 2 is 2.00 bits per heavy atom. The van der Waals surface area contributed by atoms with Crippen molar-refractivity contribution in [3.05, 3.63) is 58.9 Å². The summed E-state index contributed by atoms with van der Waals surface area (Å²) >= 11 is 5.95. The Kier molecular flexibility index (Phi) is 4.68. The lowest BCUT2D eigenvalue weighted by Crippen LogP contribution is -2.28.